The number of benzene rings is 2. The van der Waals surface area contributed by atoms with E-state index in [0.29, 0.717) is 28.8 Å². The van der Waals surface area contributed by atoms with Crippen LogP contribution in [0, 0.1) is 0 Å². The van der Waals surface area contributed by atoms with Crippen LogP contribution >= 0.6 is 23.2 Å². The number of halogens is 2. The Labute approximate surface area is 162 Å². The quantitative estimate of drug-likeness (QED) is 0.708. The molecule has 0 spiro atoms. The molecular weight excluding hydrogens is 375 g/mol. The topological polar surface area (TPSA) is 72.6 Å². The van der Waals surface area contributed by atoms with Gasteiger partial charge in [-0.15, -0.1) is 0 Å². The van der Waals surface area contributed by atoms with Gasteiger partial charge in [-0.05, 0) is 30.2 Å². The van der Waals surface area contributed by atoms with Gasteiger partial charge in [0.15, 0.2) is 6.61 Å². The Morgan fingerprint density at radius 2 is 1.77 bits per heavy atom. The third kappa shape index (κ3) is 6.58. The molecule has 2 N–H and O–H groups in total. The van der Waals surface area contributed by atoms with Gasteiger partial charge in [0, 0.05) is 24.5 Å². The zero-order valence-electron chi connectivity index (χ0n) is 14.2. The molecule has 7 heteroatoms. The van der Waals surface area contributed by atoms with Crippen LogP contribution in [0.2, 0.25) is 10.0 Å². The molecule has 0 unspecified atom stereocenters. The molecule has 5 nitrogen and oxygen atoms in total. The smallest absolute Gasteiger partial charge is 0.260 e. The first kappa shape index (κ1) is 20.1. The second-order valence-electron chi connectivity index (χ2n) is 5.70. The summed E-state index contributed by atoms with van der Waals surface area (Å²) in [4.78, 5) is 25.2. The lowest BCUT2D eigenvalue weighted by molar-refractivity contribution is -0.133. The fourth-order valence-electron chi connectivity index (χ4n) is 2.34. The van der Waals surface area contributed by atoms with Gasteiger partial charge in [-0.2, -0.15) is 0 Å². The van der Waals surface area contributed by atoms with Crippen LogP contribution in [0.3, 0.4) is 0 Å². The summed E-state index contributed by atoms with van der Waals surface area (Å²) < 4.78 is 5.50. The molecule has 0 saturated heterocycles. The van der Waals surface area contributed by atoms with Crippen molar-refractivity contribution in [3.63, 3.8) is 0 Å². The maximum Gasteiger partial charge on any atom is 0.260 e. The minimum absolute atomic E-state index is 0.0994. The zero-order valence-corrected chi connectivity index (χ0v) is 15.7. The van der Waals surface area contributed by atoms with Crippen LogP contribution in [0.1, 0.15) is 12.0 Å². The average Bonchev–Trinajstić information content (AvgIpc) is 2.61. The van der Waals surface area contributed by atoms with E-state index in [1.807, 2.05) is 30.3 Å². The Kier molecular flexibility index (Phi) is 7.75. The molecular formula is C19H20Cl2N2O3. The van der Waals surface area contributed by atoms with Crippen LogP contribution in [0.4, 0.5) is 0 Å². The van der Waals surface area contributed by atoms with Gasteiger partial charge in [-0.25, -0.2) is 0 Å². The first-order valence-electron chi connectivity index (χ1n) is 8.13. The SMILES string of the molecule is NC(=O)CCN(CCc1ccccc1)C(=O)COc1ccc(Cl)cc1Cl. The van der Waals surface area contributed by atoms with Crippen molar-refractivity contribution in [3.8, 4) is 5.75 Å². The minimum Gasteiger partial charge on any atom is -0.482 e. The number of nitrogens with zero attached hydrogens (tertiary/aromatic N) is 1. The predicted octanol–water partition coefficient (Wildman–Crippen LogP) is 3.32. The monoisotopic (exact) mass is 394 g/mol. The van der Waals surface area contributed by atoms with Gasteiger partial charge in [-0.3, -0.25) is 9.59 Å². The lowest BCUT2D eigenvalue weighted by Crippen LogP contribution is -2.38. The third-order valence-corrected chi connectivity index (χ3v) is 4.27. The van der Waals surface area contributed by atoms with Crippen molar-refractivity contribution in [1.29, 1.82) is 0 Å². The molecule has 0 bridgehead atoms. The normalized spacial score (nSPS) is 10.4. The van der Waals surface area contributed by atoms with E-state index in [0.717, 1.165) is 5.56 Å². The first-order chi connectivity index (χ1) is 12.5. The fraction of sp³-hybridized carbons (Fsp3) is 0.263. The molecule has 0 radical (unpaired) electrons. The van der Waals surface area contributed by atoms with Crippen molar-refractivity contribution in [2.24, 2.45) is 5.73 Å². The van der Waals surface area contributed by atoms with E-state index in [1.165, 1.54) is 0 Å². The summed E-state index contributed by atoms with van der Waals surface area (Å²) in [7, 11) is 0. The number of hydrogen-bond acceptors (Lipinski definition) is 3. The van der Waals surface area contributed by atoms with Crippen LogP contribution < -0.4 is 10.5 Å². The highest BCUT2D eigenvalue weighted by Crippen LogP contribution is 2.27. The fourth-order valence-corrected chi connectivity index (χ4v) is 2.80. The number of nitrogens with two attached hydrogens (primary N) is 1. The molecule has 0 aliphatic heterocycles. The molecule has 2 rings (SSSR count). The lowest BCUT2D eigenvalue weighted by atomic mass is 10.1. The molecule has 138 valence electrons. The van der Waals surface area contributed by atoms with Gasteiger partial charge < -0.3 is 15.4 Å². The molecule has 2 aromatic rings. The Bertz CT molecular complexity index is 754. The second kappa shape index (κ2) is 10.0. The molecule has 0 saturated carbocycles. The van der Waals surface area contributed by atoms with Crippen LogP contribution in [0.25, 0.3) is 0 Å². The van der Waals surface area contributed by atoms with Crippen molar-refractivity contribution < 1.29 is 14.3 Å². The maximum absolute atomic E-state index is 12.5. The highest BCUT2D eigenvalue weighted by Gasteiger charge is 2.16. The minimum atomic E-state index is -0.454. The summed E-state index contributed by atoms with van der Waals surface area (Å²) in [5.74, 6) is -0.320. The Morgan fingerprint density at radius 3 is 2.42 bits per heavy atom. The Hall–Kier alpha value is -2.24. The molecule has 0 fully saturated rings. The number of carbonyl (C=O) groups is 2. The van der Waals surface area contributed by atoms with Crippen molar-refractivity contribution in [2.75, 3.05) is 19.7 Å². The highest BCUT2D eigenvalue weighted by molar-refractivity contribution is 6.35. The summed E-state index contributed by atoms with van der Waals surface area (Å²) in [6.45, 7) is 0.529. The average molecular weight is 395 g/mol. The van der Waals surface area contributed by atoms with E-state index in [9.17, 15) is 9.59 Å². The predicted molar refractivity (Wildman–Crippen MR) is 102 cm³/mol. The van der Waals surface area contributed by atoms with Gasteiger partial charge in [-0.1, -0.05) is 53.5 Å². The summed E-state index contributed by atoms with van der Waals surface area (Å²) in [6, 6.07) is 14.6. The maximum atomic E-state index is 12.5. The van der Waals surface area contributed by atoms with Crippen LogP contribution in [-0.4, -0.2) is 36.4 Å². The highest BCUT2D eigenvalue weighted by atomic mass is 35.5. The molecule has 0 aromatic heterocycles. The molecule has 2 amide bonds. The molecule has 2 aromatic carbocycles. The van der Waals surface area contributed by atoms with Gasteiger partial charge >= 0.3 is 0 Å². The van der Waals surface area contributed by atoms with Crippen molar-refractivity contribution in [1.82, 2.24) is 4.90 Å². The first-order valence-corrected chi connectivity index (χ1v) is 8.89. The van der Waals surface area contributed by atoms with Crippen LogP contribution in [0.5, 0.6) is 5.75 Å². The van der Waals surface area contributed by atoms with E-state index >= 15 is 0 Å². The third-order valence-electron chi connectivity index (χ3n) is 3.74. The van der Waals surface area contributed by atoms with Crippen LogP contribution in [-0.2, 0) is 16.0 Å². The van der Waals surface area contributed by atoms with E-state index < -0.39 is 5.91 Å². The number of hydrogen-bond donors (Lipinski definition) is 1. The van der Waals surface area contributed by atoms with Crippen LogP contribution in [0.15, 0.2) is 48.5 Å². The van der Waals surface area contributed by atoms with Gasteiger partial charge in [0.1, 0.15) is 5.75 Å². The van der Waals surface area contributed by atoms with E-state index in [1.54, 1.807) is 23.1 Å². The summed E-state index contributed by atoms with van der Waals surface area (Å²) in [6.07, 6.45) is 0.773. The molecule has 0 heterocycles. The van der Waals surface area contributed by atoms with Gasteiger partial charge in [0.25, 0.3) is 5.91 Å². The molecule has 0 aliphatic carbocycles. The van der Waals surface area contributed by atoms with Gasteiger partial charge in [0.2, 0.25) is 5.91 Å². The summed E-state index contributed by atoms with van der Waals surface area (Å²) >= 11 is 11.9. The second-order valence-corrected chi connectivity index (χ2v) is 6.54. The molecule has 0 atom stereocenters. The van der Waals surface area contributed by atoms with Gasteiger partial charge in [0.05, 0.1) is 5.02 Å². The Balaban J connectivity index is 1.96. The molecule has 26 heavy (non-hydrogen) atoms. The zero-order chi connectivity index (χ0) is 18.9. The number of amides is 2. The van der Waals surface area contributed by atoms with Crippen molar-refractivity contribution in [3.05, 3.63) is 64.1 Å². The van der Waals surface area contributed by atoms with Crippen molar-refractivity contribution >= 4 is 35.0 Å². The standard InChI is InChI=1S/C19H20Cl2N2O3/c20-15-6-7-17(16(21)12-15)26-13-19(25)23(11-9-18(22)24)10-8-14-4-2-1-3-5-14/h1-7,12H,8-11,13H2,(H2,22,24). The summed E-state index contributed by atoms with van der Waals surface area (Å²) in [5, 5.41) is 0.817. The van der Waals surface area contributed by atoms with E-state index in [4.69, 9.17) is 33.7 Å². The summed E-state index contributed by atoms with van der Waals surface area (Å²) in [5.41, 5.74) is 6.31. The van der Waals surface area contributed by atoms with Crippen molar-refractivity contribution in [2.45, 2.75) is 12.8 Å². The number of rotatable bonds is 9. The lowest BCUT2D eigenvalue weighted by Gasteiger charge is -2.22. The largest absolute Gasteiger partial charge is 0.482 e. The molecule has 0 aliphatic rings. The number of ether oxygens (including phenoxy) is 1. The van der Waals surface area contributed by atoms with E-state index in [2.05, 4.69) is 0 Å². The Morgan fingerprint density at radius 1 is 1.04 bits per heavy atom. The number of carbonyl (C=O) groups excluding carboxylic acids is 2. The van der Waals surface area contributed by atoms with E-state index in [-0.39, 0.29) is 25.5 Å². The number of primary amides is 1.